The minimum Gasteiger partial charge on any atom is -0.508 e. The molecular formula is C6H6O3SZn. The summed E-state index contributed by atoms with van der Waals surface area (Å²) in [4.78, 5) is 0. The Morgan fingerprint density at radius 1 is 1.18 bits per heavy atom. The Morgan fingerprint density at radius 2 is 1.55 bits per heavy atom. The van der Waals surface area contributed by atoms with Gasteiger partial charge in [0.2, 0.25) is 0 Å². The van der Waals surface area contributed by atoms with Crippen molar-refractivity contribution in [3.05, 3.63) is 30.3 Å². The zero-order valence-corrected chi connectivity index (χ0v) is 9.55. The maximum Gasteiger partial charge on any atom is 0.115 e. The van der Waals surface area contributed by atoms with Crippen molar-refractivity contribution in [2.75, 3.05) is 0 Å². The molecule has 0 aromatic heterocycles. The average Bonchev–Trinajstić information content (AvgIpc) is 1.87. The summed E-state index contributed by atoms with van der Waals surface area (Å²) in [6.07, 6.45) is 0. The molecule has 1 aromatic carbocycles. The van der Waals surface area contributed by atoms with Crippen molar-refractivity contribution in [2.45, 2.75) is 0 Å². The fraction of sp³-hybridized carbons (Fsp3) is 0. The second-order valence-electron chi connectivity index (χ2n) is 1.64. The summed E-state index contributed by atoms with van der Waals surface area (Å²) >= 11 is 0.347. The van der Waals surface area contributed by atoms with Gasteiger partial charge in [0.25, 0.3) is 0 Å². The summed E-state index contributed by atoms with van der Waals surface area (Å²) < 4.78 is 18.1. The molecule has 5 heteroatoms. The fourth-order valence-corrected chi connectivity index (χ4v) is 0.428. The molecule has 0 spiro atoms. The normalized spacial score (nSPS) is 7.82. The zero-order chi connectivity index (χ0) is 8.69. The standard InChI is InChI=1S/C6H6O.O2S.Zn/c7-6-4-2-1-3-5-6;1-3-2;/h1-5,7H;;. The summed E-state index contributed by atoms with van der Waals surface area (Å²) in [5.74, 6) is 0.322. The van der Waals surface area contributed by atoms with Gasteiger partial charge in [-0.1, -0.05) is 18.2 Å². The minimum atomic E-state index is -1.74. The first-order valence-corrected chi connectivity index (χ1v) is 7.63. The Hall–Kier alpha value is -0.537. The van der Waals surface area contributed by atoms with Crippen LogP contribution < -0.4 is 0 Å². The van der Waals surface area contributed by atoms with E-state index in [9.17, 15) is 0 Å². The van der Waals surface area contributed by atoms with Gasteiger partial charge in [-0.15, -0.1) is 0 Å². The number of phenols is 1. The second-order valence-corrected chi connectivity index (χ2v) is 5.21. The summed E-state index contributed by atoms with van der Waals surface area (Å²) in [5.41, 5.74) is 0. The molecule has 1 aromatic rings. The van der Waals surface area contributed by atoms with Crippen molar-refractivity contribution in [3.8, 4) is 5.75 Å². The van der Waals surface area contributed by atoms with Gasteiger partial charge in [-0.2, -0.15) is 0 Å². The van der Waals surface area contributed by atoms with E-state index in [1.807, 2.05) is 6.07 Å². The molecule has 0 amide bonds. The quantitative estimate of drug-likeness (QED) is 0.660. The maximum absolute atomic E-state index is 9.06. The van der Waals surface area contributed by atoms with E-state index >= 15 is 0 Å². The van der Waals surface area contributed by atoms with Crippen LogP contribution in [0.5, 0.6) is 5.75 Å². The van der Waals surface area contributed by atoms with Crippen LogP contribution in [0.4, 0.5) is 0 Å². The molecular weight excluding hydrogens is 218 g/mol. The topological polar surface area (TPSA) is 54.4 Å². The first kappa shape index (κ1) is 10.5. The fourth-order valence-electron chi connectivity index (χ4n) is 0.428. The first-order valence-electron chi connectivity index (χ1n) is 2.76. The number of para-hydroxylation sites is 1. The Kier molecular flexibility index (Phi) is 5.89. The van der Waals surface area contributed by atoms with Crippen LogP contribution in [-0.2, 0) is 24.7 Å². The maximum atomic E-state index is 9.06. The number of hydrogen-bond acceptors (Lipinski definition) is 3. The van der Waals surface area contributed by atoms with Gasteiger partial charge in [0.15, 0.2) is 0 Å². The number of hydrogen-bond donors (Lipinski definition) is 1. The van der Waals surface area contributed by atoms with Gasteiger partial charge in [0.1, 0.15) is 5.75 Å². The molecule has 1 N–H and O–H groups in total. The minimum absolute atomic E-state index is 0.322. The molecule has 0 radical (unpaired) electrons. The van der Waals surface area contributed by atoms with Gasteiger partial charge in [-0.3, -0.25) is 0 Å². The van der Waals surface area contributed by atoms with Crippen molar-refractivity contribution in [3.63, 3.8) is 0 Å². The molecule has 1 rings (SSSR count). The third-order valence-electron chi connectivity index (χ3n) is 0.756. The predicted molar refractivity (Wildman–Crippen MR) is 37.0 cm³/mol. The van der Waals surface area contributed by atoms with Gasteiger partial charge >= 0.3 is 33.2 Å². The predicted octanol–water partition coefficient (Wildman–Crippen LogP) is 0.720. The van der Waals surface area contributed by atoms with Crippen molar-refractivity contribution in [1.82, 2.24) is 0 Å². The van der Waals surface area contributed by atoms with Crippen LogP contribution in [0.2, 0.25) is 0 Å². The van der Waals surface area contributed by atoms with E-state index in [4.69, 9.17) is 13.5 Å². The van der Waals surface area contributed by atoms with Crippen LogP contribution in [0.1, 0.15) is 0 Å². The van der Waals surface area contributed by atoms with Gasteiger partial charge in [0.05, 0.1) is 0 Å². The Bertz CT molecular complexity index is 284. The van der Waals surface area contributed by atoms with Crippen LogP contribution in [-0.4, -0.2) is 13.5 Å². The third kappa shape index (κ3) is 9.46. The molecule has 56 valence electrons. The van der Waals surface area contributed by atoms with Crippen LogP contribution in [0.15, 0.2) is 30.3 Å². The molecule has 0 saturated heterocycles. The van der Waals surface area contributed by atoms with E-state index in [1.165, 1.54) is 0 Å². The second kappa shape index (κ2) is 6.19. The van der Waals surface area contributed by atoms with Crippen LogP contribution in [0, 0.1) is 0 Å². The molecule has 0 aliphatic heterocycles. The van der Waals surface area contributed by atoms with Crippen molar-refractivity contribution < 1.29 is 30.1 Å². The number of benzene rings is 1. The first-order chi connectivity index (χ1) is 5.13. The van der Waals surface area contributed by atoms with Crippen molar-refractivity contribution >= 4 is 8.19 Å². The van der Waals surface area contributed by atoms with E-state index < -0.39 is 8.19 Å². The SMILES string of the molecule is O=[S](=O)=[Zn].Oc1ccccc1. The molecule has 3 nitrogen and oxygen atoms in total. The van der Waals surface area contributed by atoms with E-state index in [2.05, 4.69) is 0 Å². The van der Waals surface area contributed by atoms with Gasteiger partial charge < -0.3 is 5.11 Å². The molecule has 0 saturated carbocycles. The molecule has 0 bridgehead atoms. The van der Waals surface area contributed by atoms with Gasteiger partial charge in [0, 0.05) is 0 Å². The monoisotopic (exact) mass is 222 g/mol. The summed E-state index contributed by atoms with van der Waals surface area (Å²) in [6, 6.07) is 8.71. The average molecular weight is 224 g/mol. The zero-order valence-electron chi connectivity index (χ0n) is 5.77. The molecule has 0 atom stereocenters. The van der Waals surface area contributed by atoms with Crippen molar-refractivity contribution in [2.24, 2.45) is 0 Å². The molecule has 0 aliphatic carbocycles. The van der Waals surface area contributed by atoms with E-state index in [0.717, 1.165) is 0 Å². The molecule has 11 heavy (non-hydrogen) atoms. The van der Waals surface area contributed by atoms with Gasteiger partial charge in [-0.25, -0.2) is 0 Å². The number of phenolic OH excluding ortho intramolecular Hbond substituents is 1. The summed E-state index contributed by atoms with van der Waals surface area (Å²) in [7, 11) is -1.74. The van der Waals surface area contributed by atoms with E-state index in [-0.39, 0.29) is 0 Å². The smallest absolute Gasteiger partial charge is 0.115 e. The van der Waals surface area contributed by atoms with Crippen LogP contribution >= 0.6 is 0 Å². The van der Waals surface area contributed by atoms with Crippen LogP contribution in [0.3, 0.4) is 0 Å². The van der Waals surface area contributed by atoms with Crippen LogP contribution in [0.25, 0.3) is 0 Å². The Morgan fingerprint density at radius 3 is 1.73 bits per heavy atom. The Balaban J connectivity index is 0.000000218. The summed E-state index contributed by atoms with van der Waals surface area (Å²) in [6.45, 7) is 0. The number of aromatic hydroxyl groups is 1. The largest absolute Gasteiger partial charge is 0.508 e. The third-order valence-corrected chi connectivity index (χ3v) is 0.756. The molecule has 0 heterocycles. The van der Waals surface area contributed by atoms with Crippen molar-refractivity contribution in [1.29, 1.82) is 0 Å². The number of rotatable bonds is 0. The molecule has 0 fully saturated rings. The van der Waals surface area contributed by atoms with E-state index in [0.29, 0.717) is 22.3 Å². The summed E-state index contributed by atoms with van der Waals surface area (Å²) in [5, 5.41) is 8.63. The Labute approximate surface area is 74.5 Å². The van der Waals surface area contributed by atoms with Gasteiger partial charge in [-0.05, 0) is 12.1 Å². The molecule has 0 aliphatic rings. The molecule has 0 unspecified atom stereocenters. The van der Waals surface area contributed by atoms with E-state index in [1.54, 1.807) is 24.3 Å².